The zero-order valence-electron chi connectivity index (χ0n) is 17.9. The fourth-order valence-corrected chi connectivity index (χ4v) is 8.19. The molecule has 1 spiro atoms. The van der Waals surface area contributed by atoms with Crippen LogP contribution in [0.5, 0.6) is 0 Å². The molecule has 3 aliphatic carbocycles. The summed E-state index contributed by atoms with van der Waals surface area (Å²) in [5.74, 6) is 0.702. The molecule has 164 valence electrons. The Labute approximate surface area is 173 Å². The first-order chi connectivity index (χ1) is 14.0. The van der Waals surface area contributed by atoms with Crippen LogP contribution in [-0.4, -0.2) is 85.8 Å². The molecule has 5 aliphatic rings. The van der Waals surface area contributed by atoms with Gasteiger partial charge in [-0.05, 0) is 65.0 Å². The van der Waals surface area contributed by atoms with Gasteiger partial charge < -0.3 is 29.5 Å². The van der Waals surface area contributed by atoms with Crippen molar-refractivity contribution in [3.8, 4) is 0 Å². The Morgan fingerprint density at radius 3 is 2.90 bits per heavy atom. The van der Waals surface area contributed by atoms with E-state index in [1.807, 2.05) is 14.0 Å². The number of rotatable bonds is 5. The van der Waals surface area contributed by atoms with Crippen molar-refractivity contribution < 1.29 is 24.1 Å². The third-order valence-corrected chi connectivity index (χ3v) is 9.11. The van der Waals surface area contributed by atoms with Gasteiger partial charge in [0, 0.05) is 30.5 Å². The lowest BCUT2D eigenvalue weighted by Crippen LogP contribution is -2.78. The Morgan fingerprint density at radius 1 is 1.31 bits per heavy atom. The van der Waals surface area contributed by atoms with Crippen molar-refractivity contribution in [2.45, 2.75) is 81.4 Å². The van der Waals surface area contributed by atoms with Gasteiger partial charge >= 0.3 is 5.97 Å². The average Bonchev–Trinajstić information content (AvgIpc) is 3.07. The van der Waals surface area contributed by atoms with Crippen molar-refractivity contribution in [3.05, 3.63) is 0 Å². The molecule has 0 amide bonds. The highest BCUT2D eigenvalue weighted by Gasteiger charge is 2.77. The number of likely N-dealkylation sites (N-methyl/N-ethyl adjacent to an activating group) is 1. The number of carbonyl (C=O) groups is 1. The van der Waals surface area contributed by atoms with Crippen LogP contribution in [0.4, 0.5) is 0 Å². The second kappa shape index (κ2) is 7.16. The minimum absolute atomic E-state index is 0.0348. The second-order valence-corrected chi connectivity index (χ2v) is 9.90. The summed E-state index contributed by atoms with van der Waals surface area (Å²) in [7, 11) is 4.12. The SMILES string of the molecule is CCOC(=O)CN[C@@H]1CC[C@@]2(OC)C3CC4CCC(O)C5O[C@@H]1[C@]2(CCN3C)C45. The van der Waals surface area contributed by atoms with Crippen molar-refractivity contribution >= 4 is 5.97 Å². The largest absolute Gasteiger partial charge is 0.465 e. The lowest BCUT2D eigenvalue weighted by Gasteiger charge is -2.69. The fourth-order valence-electron chi connectivity index (χ4n) is 8.19. The van der Waals surface area contributed by atoms with Gasteiger partial charge in [0.1, 0.15) is 0 Å². The van der Waals surface area contributed by atoms with E-state index in [0.29, 0.717) is 24.5 Å². The van der Waals surface area contributed by atoms with Gasteiger partial charge in [0.2, 0.25) is 0 Å². The normalized spacial score (nSPS) is 50.8. The molecule has 2 N–H and O–H groups in total. The number of aliphatic hydroxyl groups excluding tert-OH is 1. The van der Waals surface area contributed by atoms with Crippen LogP contribution in [0.25, 0.3) is 0 Å². The number of piperidine rings is 1. The molecule has 2 saturated heterocycles. The third kappa shape index (κ3) is 2.57. The van der Waals surface area contributed by atoms with Crippen molar-refractivity contribution in [1.29, 1.82) is 0 Å². The van der Waals surface area contributed by atoms with Crippen LogP contribution in [0.3, 0.4) is 0 Å². The fraction of sp³-hybridized carbons (Fsp3) is 0.955. The number of hydrogen-bond acceptors (Lipinski definition) is 7. The number of esters is 1. The number of nitrogens with zero attached hydrogens (tertiary/aromatic N) is 1. The van der Waals surface area contributed by atoms with Gasteiger partial charge in [0.25, 0.3) is 0 Å². The first-order valence-electron chi connectivity index (χ1n) is 11.5. The first-order valence-corrected chi connectivity index (χ1v) is 11.5. The molecule has 7 heteroatoms. The first kappa shape index (κ1) is 20.2. The average molecular weight is 409 g/mol. The second-order valence-electron chi connectivity index (χ2n) is 9.90. The molecule has 7 nitrogen and oxygen atoms in total. The topological polar surface area (TPSA) is 80.3 Å². The summed E-state index contributed by atoms with van der Waals surface area (Å²) in [5, 5.41) is 14.3. The molecule has 2 aliphatic heterocycles. The molecule has 5 fully saturated rings. The maximum Gasteiger partial charge on any atom is 0.319 e. The Bertz CT molecular complexity index is 661. The predicted molar refractivity (Wildman–Crippen MR) is 106 cm³/mol. The van der Waals surface area contributed by atoms with Crippen LogP contribution < -0.4 is 5.32 Å². The van der Waals surface area contributed by atoms with E-state index in [0.717, 1.165) is 45.1 Å². The van der Waals surface area contributed by atoms with Crippen LogP contribution in [0.2, 0.25) is 0 Å². The van der Waals surface area contributed by atoms with E-state index >= 15 is 0 Å². The van der Waals surface area contributed by atoms with Crippen molar-refractivity contribution in [1.82, 2.24) is 10.2 Å². The van der Waals surface area contributed by atoms with E-state index in [1.54, 1.807) is 0 Å². The standard InChI is InChI=1S/C22H36N2O5/c1-4-28-17(26)12-23-14-7-8-22(27-3)16-11-13-5-6-15(25)19-18(13)21(22,20(14)29-19)9-10-24(16)2/h13-16,18-20,23,25H,4-12H2,1-3H3/t13?,14-,15?,16?,18?,19?,20+,21+,22-/m1/s1. The molecule has 2 bridgehead atoms. The highest BCUT2D eigenvalue weighted by molar-refractivity contribution is 5.71. The Balaban J connectivity index is 1.53. The summed E-state index contributed by atoms with van der Waals surface area (Å²) in [6.45, 7) is 3.47. The molecule has 29 heavy (non-hydrogen) atoms. The van der Waals surface area contributed by atoms with E-state index in [9.17, 15) is 9.90 Å². The summed E-state index contributed by atoms with van der Waals surface area (Å²) >= 11 is 0. The van der Waals surface area contributed by atoms with Crippen LogP contribution in [0, 0.1) is 17.3 Å². The molecule has 3 saturated carbocycles. The zero-order chi connectivity index (χ0) is 20.4. The van der Waals surface area contributed by atoms with Crippen molar-refractivity contribution in [2.24, 2.45) is 17.3 Å². The summed E-state index contributed by atoms with van der Waals surface area (Å²) in [4.78, 5) is 14.5. The molecule has 0 aromatic heterocycles. The number of nitrogens with one attached hydrogen (secondary N) is 1. The number of methoxy groups -OCH3 is 1. The summed E-state index contributed by atoms with van der Waals surface area (Å²) in [6.07, 6.45) is 5.40. The van der Waals surface area contributed by atoms with Crippen molar-refractivity contribution in [3.63, 3.8) is 0 Å². The highest BCUT2D eigenvalue weighted by atomic mass is 16.5. The third-order valence-electron chi connectivity index (χ3n) is 9.11. The van der Waals surface area contributed by atoms with Crippen LogP contribution in [0.15, 0.2) is 0 Å². The van der Waals surface area contributed by atoms with Gasteiger partial charge in [0.05, 0.1) is 37.1 Å². The maximum atomic E-state index is 12.0. The number of likely N-dealkylation sites (tertiary alicyclic amines) is 1. The predicted octanol–water partition coefficient (Wildman–Crippen LogP) is 0.935. The molecule has 0 aromatic rings. The number of aliphatic hydroxyl groups is 1. The van der Waals surface area contributed by atoms with E-state index < -0.39 is 6.10 Å². The monoisotopic (exact) mass is 408 g/mol. The number of ether oxygens (including phenoxy) is 3. The van der Waals surface area contributed by atoms with Gasteiger partial charge in [-0.2, -0.15) is 0 Å². The number of hydrogen-bond donors (Lipinski definition) is 2. The van der Waals surface area contributed by atoms with Crippen LogP contribution in [0.1, 0.15) is 45.4 Å². The molecule has 9 atom stereocenters. The Morgan fingerprint density at radius 2 is 2.14 bits per heavy atom. The smallest absolute Gasteiger partial charge is 0.319 e. The molecular formula is C22H36N2O5. The molecule has 5 unspecified atom stereocenters. The van der Waals surface area contributed by atoms with Gasteiger partial charge in [-0.25, -0.2) is 0 Å². The van der Waals surface area contributed by atoms with Crippen molar-refractivity contribution in [2.75, 3.05) is 33.9 Å². The molecule has 2 heterocycles. The van der Waals surface area contributed by atoms with E-state index in [4.69, 9.17) is 14.2 Å². The summed E-state index contributed by atoms with van der Waals surface area (Å²) in [6, 6.07) is 0.483. The van der Waals surface area contributed by atoms with Gasteiger partial charge in [-0.15, -0.1) is 0 Å². The number of carbonyl (C=O) groups excluding carboxylic acids is 1. The molecule has 0 aromatic carbocycles. The lowest BCUT2D eigenvalue weighted by atomic mass is 9.42. The molecule has 0 radical (unpaired) electrons. The van der Waals surface area contributed by atoms with E-state index in [-0.39, 0.29) is 41.8 Å². The molecule has 5 rings (SSSR count). The minimum Gasteiger partial charge on any atom is -0.465 e. The Hall–Kier alpha value is -0.730. The van der Waals surface area contributed by atoms with Gasteiger partial charge in [-0.3, -0.25) is 4.79 Å². The minimum atomic E-state index is -0.396. The molecular weight excluding hydrogens is 372 g/mol. The summed E-state index contributed by atoms with van der Waals surface area (Å²) < 4.78 is 18.4. The van der Waals surface area contributed by atoms with Gasteiger partial charge in [-0.1, -0.05) is 0 Å². The van der Waals surface area contributed by atoms with Crippen LogP contribution >= 0.6 is 0 Å². The zero-order valence-corrected chi connectivity index (χ0v) is 17.9. The summed E-state index contributed by atoms with van der Waals surface area (Å²) in [5.41, 5.74) is -0.335. The van der Waals surface area contributed by atoms with E-state index in [1.165, 1.54) is 0 Å². The van der Waals surface area contributed by atoms with Crippen LogP contribution in [-0.2, 0) is 19.0 Å². The maximum absolute atomic E-state index is 12.0. The highest BCUT2D eigenvalue weighted by Crippen LogP contribution is 2.70. The van der Waals surface area contributed by atoms with E-state index in [2.05, 4.69) is 17.3 Å². The van der Waals surface area contributed by atoms with Gasteiger partial charge in [0.15, 0.2) is 0 Å². The quantitative estimate of drug-likeness (QED) is 0.655. The Kier molecular flexibility index (Phi) is 4.98. The lowest BCUT2D eigenvalue weighted by molar-refractivity contribution is -0.269.